The number of carbonyl (C=O) groups excluding carboxylic acids is 1. The number of benzene rings is 2. The summed E-state index contributed by atoms with van der Waals surface area (Å²) in [5.74, 6) is 0.0561. The van der Waals surface area contributed by atoms with E-state index in [0.717, 1.165) is 38.9 Å². The normalized spacial score (nSPS) is 11.0. The van der Waals surface area contributed by atoms with Crippen molar-refractivity contribution < 1.29 is 4.79 Å². The number of pyridine rings is 1. The van der Waals surface area contributed by atoms with Crippen LogP contribution in [0.3, 0.4) is 0 Å². The molecule has 0 aliphatic heterocycles. The first-order valence-corrected chi connectivity index (χ1v) is 8.14. The molecule has 0 atom stereocenters. The molecular weight excluding hydrogens is 310 g/mol. The third-order valence-electron chi connectivity index (χ3n) is 4.35. The first-order chi connectivity index (χ1) is 12.1. The van der Waals surface area contributed by atoms with Gasteiger partial charge in [0.2, 0.25) is 0 Å². The van der Waals surface area contributed by atoms with Gasteiger partial charge < -0.3 is 0 Å². The fourth-order valence-corrected chi connectivity index (χ4v) is 3.09. The molecule has 4 heteroatoms. The van der Waals surface area contributed by atoms with Gasteiger partial charge in [0.05, 0.1) is 11.7 Å². The zero-order valence-corrected chi connectivity index (χ0v) is 14.1. The lowest BCUT2D eigenvalue weighted by atomic mass is 9.96. The lowest BCUT2D eigenvalue weighted by Gasteiger charge is -2.10. The number of hydrogen-bond acceptors (Lipinski definition) is 3. The second kappa shape index (κ2) is 5.98. The van der Waals surface area contributed by atoms with Crippen LogP contribution in [0, 0.1) is 6.92 Å². The van der Waals surface area contributed by atoms with Crippen LogP contribution in [0.4, 0.5) is 0 Å². The van der Waals surface area contributed by atoms with Crippen molar-refractivity contribution in [3.8, 4) is 22.3 Å². The van der Waals surface area contributed by atoms with Gasteiger partial charge in [0.25, 0.3) is 0 Å². The van der Waals surface area contributed by atoms with Crippen LogP contribution < -0.4 is 0 Å². The molecule has 1 N–H and O–H groups in total. The first-order valence-electron chi connectivity index (χ1n) is 8.14. The third kappa shape index (κ3) is 2.83. The number of aryl methyl sites for hydroxylation is 1. The number of H-pyrrole nitrogens is 1. The minimum absolute atomic E-state index is 0.0561. The van der Waals surface area contributed by atoms with E-state index in [2.05, 4.69) is 39.4 Å². The molecule has 0 unspecified atom stereocenters. The molecule has 0 fully saturated rings. The summed E-state index contributed by atoms with van der Waals surface area (Å²) in [7, 11) is 0. The van der Waals surface area contributed by atoms with Crippen molar-refractivity contribution in [3.05, 3.63) is 72.2 Å². The molecule has 4 rings (SSSR count). The van der Waals surface area contributed by atoms with Gasteiger partial charge in [0, 0.05) is 28.4 Å². The van der Waals surface area contributed by atoms with E-state index in [1.54, 1.807) is 6.92 Å². The molecular formula is C21H17N3O. The molecule has 2 heterocycles. The molecule has 0 saturated heterocycles. The van der Waals surface area contributed by atoms with Gasteiger partial charge in [-0.3, -0.25) is 14.9 Å². The molecule has 0 radical (unpaired) electrons. The van der Waals surface area contributed by atoms with Gasteiger partial charge >= 0.3 is 0 Å². The zero-order valence-electron chi connectivity index (χ0n) is 14.1. The van der Waals surface area contributed by atoms with Gasteiger partial charge in [0.1, 0.15) is 0 Å². The number of fused-ring (bicyclic) bond motifs is 1. The third-order valence-corrected chi connectivity index (χ3v) is 4.35. The maximum Gasteiger partial charge on any atom is 0.159 e. The fraction of sp³-hybridized carbons (Fsp3) is 0.0952. The minimum Gasteiger partial charge on any atom is -0.295 e. The summed E-state index contributed by atoms with van der Waals surface area (Å²) < 4.78 is 0. The molecule has 4 aromatic rings. The number of nitrogens with one attached hydrogen (secondary N) is 1. The Bertz CT molecular complexity index is 1080. The quantitative estimate of drug-likeness (QED) is 0.550. The number of nitrogens with zero attached hydrogens (tertiary/aromatic N) is 2. The van der Waals surface area contributed by atoms with Crippen molar-refractivity contribution in [2.75, 3.05) is 0 Å². The van der Waals surface area contributed by atoms with E-state index in [4.69, 9.17) is 0 Å². The largest absolute Gasteiger partial charge is 0.295 e. The molecule has 0 bridgehead atoms. The number of aromatic amines is 1. The highest BCUT2D eigenvalue weighted by Crippen LogP contribution is 2.32. The highest BCUT2D eigenvalue weighted by atomic mass is 16.1. The van der Waals surface area contributed by atoms with Gasteiger partial charge in [-0.2, -0.15) is 5.10 Å². The first kappa shape index (κ1) is 15.3. The molecule has 0 aliphatic rings. The van der Waals surface area contributed by atoms with Crippen molar-refractivity contribution in [1.29, 1.82) is 0 Å². The number of ketones is 1. The lowest BCUT2D eigenvalue weighted by molar-refractivity contribution is 0.101. The maximum absolute atomic E-state index is 11.8. The molecule has 0 amide bonds. The number of rotatable bonds is 3. The average Bonchev–Trinajstić information content (AvgIpc) is 3.15. The van der Waals surface area contributed by atoms with Gasteiger partial charge in [-0.05, 0) is 60.9 Å². The van der Waals surface area contributed by atoms with Crippen LogP contribution >= 0.6 is 0 Å². The van der Waals surface area contributed by atoms with Crippen LogP contribution in [0.1, 0.15) is 23.0 Å². The summed E-state index contributed by atoms with van der Waals surface area (Å²) in [5, 5.41) is 7.86. The number of carbonyl (C=O) groups is 1. The minimum atomic E-state index is 0.0561. The maximum atomic E-state index is 11.8. The molecule has 0 aliphatic carbocycles. The highest BCUT2D eigenvalue weighted by Gasteiger charge is 2.10. The van der Waals surface area contributed by atoms with E-state index in [-0.39, 0.29) is 5.78 Å². The van der Waals surface area contributed by atoms with Gasteiger partial charge in [-0.25, -0.2) is 0 Å². The van der Waals surface area contributed by atoms with Gasteiger partial charge in [-0.1, -0.05) is 18.2 Å². The monoisotopic (exact) mass is 327 g/mol. The molecule has 0 saturated carbocycles. The van der Waals surface area contributed by atoms with E-state index in [1.165, 1.54) is 0 Å². The van der Waals surface area contributed by atoms with Crippen LogP contribution in [0.25, 0.3) is 33.2 Å². The predicted molar refractivity (Wildman–Crippen MR) is 99.5 cm³/mol. The second-order valence-corrected chi connectivity index (χ2v) is 6.17. The van der Waals surface area contributed by atoms with Crippen molar-refractivity contribution in [2.24, 2.45) is 0 Å². The fourth-order valence-electron chi connectivity index (χ4n) is 3.09. The number of Topliss-reactive ketones (excluding diaryl/α,β-unsaturated/α-hetero) is 1. The Balaban J connectivity index is 1.95. The van der Waals surface area contributed by atoms with Crippen molar-refractivity contribution in [2.45, 2.75) is 13.8 Å². The second-order valence-electron chi connectivity index (χ2n) is 6.17. The lowest BCUT2D eigenvalue weighted by Crippen LogP contribution is -1.94. The van der Waals surface area contributed by atoms with Crippen LogP contribution in [-0.2, 0) is 0 Å². The highest BCUT2D eigenvalue weighted by molar-refractivity contribution is 6.02. The summed E-state index contributed by atoms with van der Waals surface area (Å²) in [6.45, 7) is 3.57. The van der Waals surface area contributed by atoms with E-state index >= 15 is 0 Å². The number of hydrogen-bond donors (Lipinski definition) is 1. The Morgan fingerprint density at radius 1 is 1.00 bits per heavy atom. The smallest absolute Gasteiger partial charge is 0.159 e. The van der Waals surface area contributed by atoms with E-state index < -0.39 is 0 Å². The Hall–Kier alpha value is -3.27. The molecule has 2 aromatic carbocycles. The standard InChI is InChI=1S/C21H17N3O/c1-13-8-19(20-10-15(14(2)25)6-7-21(20)24-13)17-5-3-4-16(9-17)18-11-22-23-12-18/h3-12H,1-2H3,(H,22,23). The Kier molecular flexibility index (Phi) is 3.65. The van der Waals surface area contributed by atoms with Crippen molar-refractivity contribution in [3.63, 3.8) is 0 Å². The van der Waals surface area contributed by atoms with Crippen LogP contribution in [-0.4, -0.2) is 21.0 Å². The summed E-state index contributed by atoms with van der Waals surface area (Å²) in [5.41, 5.74) is 6.86. The zero-order chi connectivity index (χ0) is 17.4. The van der Waals surface area contributed by atoms with Gasteiger partial charge in [0.15, 0.2) is 5.78 Å². The van der Waals surface area contributed by atoms with Crippen molar-refractivity contribution >= 4 is 16.7 Å². The summed E-state index contributed by atoms with van der Waals surface area (Å²) >= 11 is 0. The van der Waals surface area contributed by atoms with E-state index in [1.807, 2.05) is 43.6 Å². The predicted octanol–water partition coefficient (Wildman–Crippen LogP) is 4.80. The topological polar surface area (TPSA) is 58.6 Å². The molecule has 4 nitrogen and oxygen atoms in total. The van der Waals surface area contributed by atoms with Crippen molar-refractivity contribution in [1.82, 2.24) is 15.2 Å². The van der Waals surface area contributed by atoms with Gasteiger partial charge in [-0.15, -0.1) is 0 Å². The van der Waals surface area contributed by atoms with Crippen LogP contribution in [0.5, 0.6) is 0 Å². The summed E-state index contributed by atoms with van der Waals surface area (Å²) in [6, 6.07) is 16.1. The van der Waals surface area contributed by atoms with E-state index in [9.17, 15) is 4.79 Å². The molecule has 122 valence electrons. The Labute approximate surface area is 145 Å². The number of aromatic nitrogens is 3. The Morgan fingerprint density at radius 2 is 1.84 bits per heavy atom. The molecule has 0 spiro atoms. The van der Waals surface area contributed by atoms with E-state index in [0.29, 0.717) is 5.56 Å². The van der Waals surface area contributed by atoms with Crippen LogP contribution in [0.2, 0.25) is 0 Å². The Morgan fingerprint density at radius 3 is 2.60 bits per heavy atom. The summed E-state index contributed by atoms with van der Waals surface area (Å²) in [6.07, 6.45) is 3.69. The SMILES string of the molecule is CC(=O)c1ccc2nc(C)cc(-c3cccc(-c4cn[nH]c4)c3)c2c1. The average molecular weight is 327 g/mol. The molecule has 25 heavy (non-hydrogen) atoms. The summed E-state index contributed by atoms with van der Waals surface area (Å²) in [4.78, 5) is 16.4. The molecule has 2 aromatic heterocycles. The van der Waals surface area contributed by atoms with Crippen LogP contribution in [0.15, 0.2) is 60.9 Å².